The van der Waals surface area contributed by atoms with E-state index in [1.165, 1.54) is 121 Å². The fraction of sp³-hybridized carbons (Fsp3) is 0.200. The SMILES string of the molecule is CC(C)(C)c1ccc(-c2ccc(-c3cc(N(c4cccc(-c5ccccc5-c5ccccc5)c4)c4ccc5ccc6c(-n7c8ccc(C(C)(C)C)cc8c8cc(C(C)(C)C)ccc87)ccc7ccc4c5c76)cc(C(C)(C)C)c3)cc2)cc1. The average molecular weight is 1060 g/mol. The summed E-state index contributed by atoms with van der Waals surface area (Å²) in [6.45, 7) is 27.7. The van der Waals surface area contributed by atoms with E-state index >= 15 is 0 Å². The van der Waals surface area contributed by atoms with Gasteiger partial charge in [-0.1, -0.05) is 253 Å². The summed E-state index contributed by atoms with van der Waals surface area (Å²) >= 11 is 0. The maximum atomic E-state index is 2.54. The summed E-state index contributed by atoms with van der Waals surface area (Å²) in [4.78, 5) is 2.54. The average Bonchev–Trinajstić information content (AvgIpc) is 3.32. The highest BCUT2D eigenvalue weighted by Crippen LogP contribution is 2.49. The summed E-state index contributed by atoms with van der Waals surface area (Å²) < 4.78 is 2.54. The third kappa shape index (κ3) is 9.33. The van der Waals surface area contributed by atoms with Crippen molar-refractivity contribution in [3.63, 3.8) is 0 Å². The fourth-order valence-electron chi connectivity index (χ4n) is 12.6. The highest BCUT2D eigenvalue weighted by atomic mass is 15.1. The molecule has 0 saturated carbocycles. The third-order valence-corrected chi connectivity index (χ3v) is 17.4. The van der Waals surface area contributed by atoms with E-state index in [9.17, 15) is 0 Å². The highest BCUT2D eigenvalue weighted by Gasteiger charge is 2.26. The van der Waals surface area contributed by atoms with Crippen LogP contribution in [0.15, 0.2) is 231 Å². The first-order valence-corrected chi connectivity index (χ1v) is 29.4. The van der Waals surface area contributed by atoms with Crippen LogP contribution in [0.4, 0.5) is 17.1 Å². The molecule has 0 aliphatic carbocycles. The largest absolute Gasteiger partial charge is 0.310 e. The smallest absolute Gasteiger partial charge is 0.0541 e. The zero-order chi connectivity index (χ0) is 57.0. The van der Waals surface area contributed by atoms with Crippen molar-refractivity contribution in [3.05, 3.63) is 253 Å². The molecule has 82 heavy (non-hydrogen) atoms. The van der Waals surface area contributed by atoms with Crippen molar-refractivity contribution in [1.82, 2.24) is 4.57 Å². The van der Waals surface area contributed by atoms with Gasteiger partial charge in [0.2, 0.25) is 0 Å². The number of fused-ring (bicyclic) bond motifs is 3. The van der Waals surface area contributed by atoms with Crippen molar-refractivity contribution >= 4 is 71.2 Å². The Balaban J connectivity index is 1.03. The van der Waals surface area contributed by atoms with Crippen LogP contribution in [0.5, 0.6) is 0 Å². The molecule has 13 aromatic rings. The number of hydrogen-bond donors (Lipinski definition) is 0. The van der Waals surface area contributed by atoms with Gasteiger partial charge in [-0.05, 0) is 171 Å². The van der Waals surface area contributed by atoms with E-state index in [4.69, 9.17) is 0 Å². The monoisotopic (exact) mass is 1060 g/mol. The van der Waals surface area contributed by atoms with Crippen LogP contribution < -0.4 is 4.90 Å². The van der Waals surface area contributed by atoms with Gasteiger partial charge in [0.05, 0.1) is 22.4 Å². The van der Waals surface area contributed by atoms with Gasteiger partial charge in [-0.2, -0.15) is 0 Å². The molecule has 0 amide bonds. The second-order valence-electron chi connectivity index (χ2n) is 27.1. The molecule has 2 heteroatoms. The number of rotatable bonds is 8. The summed E-state index contributed by atoms with van der Waals surface area (Å²) in [5.41, 5.74) is 21.8. The first-order chi connectivity index (χ1) is 39.2. The van der Waals surface area contributed by atoms with Crippen molar-refractivity contribution < 1.29 is 0 Å². The standard InChI is InChI=1S/C80H74N2/c1-77(2,3)59-35-29-52(30-36-59)51-25-27-53(28-26-51)58-45-62(80(10,11)12)48-64(47-58)81(63-22-18-21-57(46-63)66-24-17-16-23-65(66)54-19-14-13-15-20-54)71-41-33-55-32-40-68-72(42-34-56-31-39-67(71)75(55)76(56)68)82-73-43-37-60(78(4,5)6)49-69(73)70-50-61(79(7,8)9)38-44-74(70)82/h13-50H,1-12H3. The Morgan fingerprint density at radius 2 is 0.744 bits per heavy atom. The summed E-state index contributed by atoms with van der Waals surface area (Å²) in [6.07, 6.45) is 0. The minimum atomic E-state index is -0.143. The maximum Gasteiger partial charge on any atom is 0.0541 e. The topological polar surface area (TPSA) is 8.17 Å². The molecule has 0 atom stereocenters. The zero-order valence-electron chi connectivity index (χ0n) is 49.8. The quantitative estimate of drug-likeness (QED) is 0.138. The predicted octanol–water partition coefficient (Wildman–Crippen LogP) is 23.0. The predicted molar refractivity (Wildman–Crippen MR) is 356 cm³/mol. The Morgan fingerprint density at radius 1 is 0.280 bits per heavy atom. The molecule has 13 rings (SSSR count). The molecule has 1 aromatic heterocycles. The summed E-state index contributed by atoms with van der Waals surface area (Å²) in [5, 5.41) is 10.1. The normalized spacial score (nSPS) is 12.6. The van der Waals surface area contributed by atoms with E-state index in [-0.39, 0.29) is 21.7 Å². The lowest BCUT2D eigenvalue weighted by atomic mass is 9.84. The molecule has 0 aliphatic rings. The van der Waals surface area contributed by atoms with Gasteiger partial charge in [-0.3, -0.25) is 0 Å². The Kier molecular flexibility index (Phi) is 12.5. The molecule has 404 valence electrons. The Bertz CT molecular complexity index is 4490. The number of hydrogen-bond acceptors (Lipinski definition) is 1. The van der Waals surface area contributed by atoms with E-state index < -0.39 is 0 Å². The second-order valence-corrected chi connectivity index (χ2v) is 27.1. The van der Waals surface area contributed by atoms with Crippen LogP contribution in [0.25, 0.3) is 104 Å². The van der Waals surface area contributed by atoms with Crippen molar-refractivity contribution in [3.8, 4) is 50.2 Å². The number of benzene rings is 12. The molecule has 0 N–H and O–H groups in total. The molecular weight excluding hydrogens is 989 g/mol. The molecule has 0 spiro atoms. The van der Waals surface area contributed by atoms with Gasteiger partial charge >= 0.3 is 0 Å². The van der Waals surface area contributed by atoms with Crippen molar-refractivity contribution in [2.75, 3.05) is 4.90 Å². The zero-order valence-corrected chi connectivity index (χ0v) is 49.8. The summed E-state index contributed by atoms with van der Waals surface area (Å²) in [5.74, 6) is 0. The van der Waals surface area contributed by atoms with Gasteiger partial charge in [0.25, 0.3) is 0 Å². The van der Waals surface area contributed by atoms with E-state index in [0.29, 0.717) is 0 Å². The van der Waals surface area contributed by atoms with Crippen LogP contribution in [0.1, 0.15) is 105 Å². The Labute approximate surface area is 485 Å². The number of anilines is 3. The minimum Gasteiger partial charge on any atom is -0.310 e. The maximum absolute atomic E-state index is 2.54. The molecule has 0 bridgehead atoms. The lowest BCUT2D eigenvalue weighted by Gasteiger charge is -2.31. The number of aromatic nitrogens is 1. The van der Waals surface area contributed by atoms with Gasteiger partial charge in [0.1, 0.15) is 0 Å². The lowest BCUT2D eigenvalue weighted by Crippen LogP contribution is -2.15. The Morgan fingerprint density at radius 3 is 1.33 bits per heavy atom. The van der Waals surface area contributed by atoms with E-state index in [2.05, 4.69) is 323 Å². The first kappa shape index (κ1) is 52.6. The molecule has 0 aliphatic heterocycles. The molecule has 0 fully saturated rings. The van der Waals surface area contributed by atoms with Crippen LogP contribution in [0.2, 0.25) is 0 Å². The van der Waals surface area contributed by atoms with E-state index in [1.807, 2.05) is 0 Å². The van der Waals surface area contributed by atoms with Crippen LogP contribution in [-0.4, -0.2) is 4.57 Å². The molecule has 1 heterocycles. The molecular formula is C80H74N2. The van der Waals surface area contributed by atoms with Gasteiger partial charge in [0.15, 0.2) is 0 Å². The van der Waals surface area contributed by atoms with E-state index in [1.54, 1.807) is 0 Å². The number of nitrogens with zero attached hydrogens (tertiary/aromatic N) is 2. The van der Waals surface area contributed by atoms with Crippen molar-refractivity contribution in [2.45, 2.75) is 105 Å². The summed E-state index contributed by atoms with van der Waals surface area (Å²) in [6, 6.07) is 87.6. The van der Waals surface area contributed by atoms with Crippen molar-refractivity contribution in [1.29, 1.82) is 0 Å². The minimum absolute atomic E-state index is 0.0117. The second kappa shape index (κ2) is 19.5. The lowest BCUT2D eigenvalue weighted by molar-refractivity contribution is 0.590. The fourth-order valence-corrected chi connectivity index (χ4v) is 12.6. The summed E-state index contributed by atoms with van der Waals surface area (Å²) in [7, 11) is 0. The van der Waals surface area contributed by atoms with Gasteiger partial charge in [-0.25, -0.2) is 0 Å². The third-order valence-electron chi connectivity index (χ3n) is 17.4. The molecule has 2 nitrogen and oxygen atoms in total. The van der Waals surface area contributed by atoms with Gasteiger partial charge < -0.3 is 9.47 Å². The Hall–Kier alpha value is -8.72. The molecule has 12 aromatic carbocycles. The molecule has 0 unspecified atom stereocenters. The highest BCUT2D eigenvalue weighted by molar-refractivity contribution is 6.27. The van der Waals surface area contributed by atoms with Gasteiger partial charge in [0, 0.05) is 32.9 Å². The van der Waals surface area contributed by atoms with Crippen molar-refractivity contribution in [2.24, 2.45) is 0 Å². The molecule has 0 saturated heterocycles. The van der Waals surface area contributed by atoms with Crippen LogP contribution in [0, 0.1) is 0 Å². The molecule has 0 radical (unpaired) electrons. The van der Waals surface area contributed by atoms with Crippen LogP contribution >= 0.6 is 0 Å². The van der Waals surface area contributed by atoms with E-state index in [0.717, 1.165) is 22.6 Å². The first-order valence-electron chi connectivity index (χ1n) is 29.4. The van der Waals surface area contributed by atoms with Gasteiger partial charge in [-0.15, -0.1) is 0 Å². The van der Waals surface area contributed by atoms with Crippen LogP contribution in [-0.2, 0) is 21.7 Å². The van der Waals surface area contributed by atoms with Crippen LogP contribution in [0.3, 0.4) is 0 Å².